The van der Waals surface area contributed by atoms with E-state index in [1.54, 1.807) is 12.1 Å². The Morgan fingerprint density at radius 2 is 1.76 bits per heavy atom. The van der Waals surface area contributed by atoms with Crippen molar-refractivity contribution in [2.75, 3.05) is 25.2 Å². The quantitative estimate of drug-likeness (QED) is 0.691. The number of fused-ring (bicyclic) bond motifs is 1. The van der Waals surface area contributed by atoms with E-state index >= 15 is 0 Å². The molecule has 0 saturated carbocycles. The van der Waals surface area contributed by atoms with E-state index in [0.29, 0.717) is 23.5 Å². The van der Waals surface area contributed by atoms with Crippen LogP contribution in [0.3, 0.4) is 0 Å². The lowest BCUT2D eigenvalue weighted by atomic mass is 10.0. The molecule has 0 fully saturated rings. The molecule has 0 spiro atoms. The average molecular weight is 411 g/mol. The molecular formula is C23H23FN2O2S. The molecule has 3 aromatic carbocycles. The number of hydrogen-bond donors (Lipinski definition) is 1. The van der Waals surface area contributed by atoms with Gasteiger partial charge in [-0.1, -0.05) is 36.4 Å². The first-order valence-electron chi connectivity index (χ1n) is 9.45. The standard InChI is InChI=1S/C23H23FN2O2S/c1-26-15-18-13-17(20-5-3-4-6-23(20)29(2,27)28)9-12-21(18)25-14-22(26)16-7-10-19(24)11-8-16/h3-13,22,25H,14-15H2,1-2H3. The highest BCUT2D eigenvalue weighted by molar-refractivity contribution is 7.90. The van der Waals surface area contributed by atoms with Crippen LogP contribution >= 0.6 is 0 Å². The lowest BCUT2D eigenvalue weighted by Gasteiger charge is -2.26. The number of benzene rings is 3. The Labute approximate surface area is 170 Å². The van der Waals surface area contributed by atoms with Crippen LogP contribution in [0.4, 0.5) is 10.1 Å². The summed E-state index contributed by atoms with van der Waals surface area (Å²) in [6, 6.07) is 19.8. The predicted molar refractivity (Wildman–Crippen MR) is 114 cm³/mol. The van der Waals surface area contributed by atoms with Crippen LogP contribution in [0.1, 0.15) is 17.2 Å². The lowest BCUT2D eigenvalue weighted by molar-refractivity contribution is 0.251. The second kappa shape index (κ2) is 7.61. The molecule has 1 unspecified atom stereocenters. The Kier molecular flexibility index (Phi) is 5.15. The summed E-state index contributed by atoms with van der Waals surface area (Å²) in [4.78, 5) is 2.55. The molecule has 0 amide bonds. The van der Waals surface area contributed by atoms with Crippen LogP contribution < -0.4 is 5.32 Å². The van der Waals surface area contributed by atoms with Gasteiger partial charge in [-0.2, -0.15) is 0 Å². The summed E-state index contributed by atoms with van der Waals surface area (Å²) in [6.07, 6.45) is 1.23. The lowest BCUT2D eigenvalue weighted by Crippen LogP contribution is -2.27. The predicted octanol–water partition coefficient (Wildman–Crippen LogP) is 4.49. The van der Waals surface area contributed by atoms with E-state index in [2.05, 4.69) is 16.3 Å². The van der Waals surface area contributed by atoms with Gasteiger partial charge in [-0.3, -0.25) is 4.90 Å². The number of rotatable bonds is 3. The summed E-state index contributed by atoms with van der Waals surface area (Å²) < 4.78 is 37.7. The van der Waals surface area contributed by atoms with Gasteiger partial charge in [0.15, 0.2) is 9.84 Å². The maximum absolute atomic E-state index is 13.3. The minimum atomic E-state index is -3.33. The Morgan fingerprint density at radius 1 is 1.03 bits per heavy atom. The van der Waals surface area contributed by atoms with Gasteiger partial charge in [0.05, 0.1) is 10.9 Å². The zero-order valence-corrected chi connectivity index (χ0v) is 17.2. The zero-order chi connectivity index (χ0) is 20.6. The maximum atomic E-state index is 13.3. The molecule has 1 atom stereocenters. The molecule has 0 aliphatic carbocycles. The SMILES string of the molecule is CN1Cc2cc(-c3ccccc3S(C)(=O)=O)ccc2NCC1c1ccc(F)cc1. The number of sulfone groups is 1. The fraction of sp³-hybridized carbons (Fsp3) is 0.217. The summed E-state index contributed by atoms with van der Waals surface area (Å²) >= 11 is 0. The van der Waals surface area contributed by atoms with Crippen LogP contribution in [-0.4, -0.2) is 33.2 Å². The molecule has 1 aliphatic rings. The summed E-state index contributed by atoms with van der Waals surface area (Å²) in [5.41, 5.74) is 4.76. The van der Waals surface area contributed by atoms with E-state index in [0.717, 1.165) is 22.4 Å². The van der Waals surface area contributed by atoms with Gasteiger partial charge in [0.1, 0.15) is 5.82 Å². The fourth-order valence-corrected chi connectivity index (χ4v) is 4.80. The van der Waals surface area contributed by atoms with Crippen LogP contribution in [-0.2, 0) is 16.4 Å². The van der Waals surface area contributed by atoms with Gasteiger partial charge in [-0.15, -0.1) is 0 Å². The average Bonchev–Trinajstić information content (AvgIpc) is 2.85. The van der Waals surface area contributed by atoms with Crippen molar-refractivity contribution in [3.63, 3.8) is 0 Å². The third kappa shape index (κ3) is 4.04. The molecule has 1 aliphatic heterocycles. The van der Waals surface area contributed by atoms with Gasteiger partial charge in [0.25, 0.3) is 0 Å². The Morgan fingerprint density at radius 3 is 2.48 bits per heavy atom. The zero-order valence-electron chi connectivity index (χ0n) is 16.4. The van der Waals surface area contributed by atoms with Gasteiger partial charge < -0.3 is 5.32 Å². The first kappa shape index (κ1) is 19.6. The number of nitrogens with zero attached hydrogens (tertiary/aromatic N) is 1. The number of halogens is 1. The first-order valence-corrected chi connectivity index (χ1v) is 11.3. The first-order chi connectivity index (χ1) is 13.8. The molecule has 0 aromatic heterocycles. The van der Waals surface area contributed by atoms with Crippen LogP contribution in [0.2, 0.25) is 0 Å². The van der Waals surface area contributed by atoms with Crippen LogP contribution in [0, 0.1) is 5.82 Å². The van der Waals surface area contributed by atoms with E-state index in [9.17, 15) is 12.8 Å². The van der Waals surface area contributed by atoms with Crippen molar-refractivity contribution in [3.05, 3.63) is 83.7 Å². The topological polar surface area (TPSA) is 49.4 Å². The molecule has 0 saturated heterocycles. The van der Waals surface area contributed by atoms with Crippen LogP contribution in [0.5, 0.6) is 0 Å². The van der Waals surface area contributed by atoms with E-state index in [1.165, 1.54) is 18.4 Å². The van der Waals surface area contributed by atoms with Crippen LogP contribution in [0.15, 0.2) is 71.6 Å². The van der Waals surface area contributed by atoms with Crippen molar-refractivity contribution in [2.45, 2.75) is 17.5 Å². The Balaban J connectivity index is 1.69. The van der Waals surface area contributed by atoms with Gasteiger partial charge >= 0.3 is 0 Å². The van der Waals surface area contributed by atoms with Crippen molar-refractivity contribution in [1.82, 2.24) is 4.90 Å². The molecule has 29 heavy (non-hydrogen) atoms. The summed E-state index contributed by atoms with van der Waals surface area (Å²) in [5.74, 6) is -0.240. The largest absolute Gasteiger partial charge is 0.383 e. The van der Waals surface area contributed by atoms with E-state index < -0.39 is 9.84 Å². The smallest absolute Gasteiger partial charge is 0.176 e. The number of anilines is 1. The second-order valence-corrected chi connectivity index (χ2v) is 9.49. The minimum Gasteiger partial charge on any atom is -0.383 e. The highest BCUT2D eigenvalue weighted by Crippen LogP contribution is 2.34. The van der Waals surface area contributed by atoms with Gasteiger partial charge in [-0.25, -0.2) is 12.8 Å². The van der Waals surface area contributed by atoms with Crippen molar-refractivity contribution in [1.29, 1.82) is 0 Å². The van der Waals surface area contributed by atoms with Gasteiger partial charge in [-0.05, 0) is 54.1 Å². The highest BCUT2D eigenvalue weighted by atomic mass is 32.2. The van der Waals surface area contributed by atoms with E-state index in [4.69, 9.17) is 0 Å². The molecule has 4 nitrogen and oxygen atoms in total. The minimum absolute atomic E-state index is 0.106. The summed E-state index contributed by atoms with van der Waals surface area (Å²) in [5, 5.41) is 3.49. The maximum Gasteiger partial charge on any atom is 0.176 e. The van der Waals surface area contributed by atoms with E-state index in [1.807, 2.05) is 43.4 Å². The molecule has 6 heteroatoms. The van der Waals surface area contributed by atoms with Crippen molar-refractivity contribution in [2.24, 2.45) is 0 Å². The van der Waals surface area contributed by atoms with Crippen molar-refractivity contribution >= 4 is 15.5 Å². The molecule has 1 heterocycles. The molecule has 0 bridgehead atoms. The molecule has 150 valence electrons. The number of nitrogens with one attached hydrogen (secondary N) is 1. The molecule has 0 radical (unpaired) electrons. The summed E-state index contributed by atoms with van der Waals surface area (Å²) in [7, 11) is -1.28. The van der Waals surface area contributed by atoms with Gasteiger partial charge in [0, 0.05) is 30.6 Å². The fourth-order valence-electron chi connectivity index (χ4n) is 3.89. The van der Waals surface area contributed by atoms with Crippen molar-refractivity contribution < 1.29 is 12.8 Å². The van der Waals surface area contributed by atoms with Crippen molar-refractivity contribution in [3.8, 4) is 11.1 Å². The second-order valence-electron chi connectivity index (χ2n) is 7.50. The Bertz CT molecular complexity index is 1140. The molecule has 4 rings (SSSR count). The highest BCUT2D eigenvalue weighted by Gasteiger charge is 2.23. The number of hydrogen-bond acceptors (Lipinski definition) is 4. The monoisotopic (exact) mass is 410 g/mol. The molecule has 1 N–H and O–H groups in total. The molecular weight excluding hydrogens is 387 g/mol. The van der Waals surface area contributed by atoms with Gasteiger partial charge in [0.2, 0.25) is 0 Å². The van der Waals surface area contributed by atoms with E-state index in [-0.39, 0.29) is 11.9 Å². The molecule has 3 aromatic rings. The third-order valence-corrected chi connectivity index (χ3v) is 6.55. The van der Waals surface area contributed by atoms with Crippen LogP contribution in [0.25, 0.3) is 11.1 Å². The number of likely N-dealkylation sites (N-methyl/N-ethyl adjacent to an activating group) is 1. The third-order valence-electron chi connectivity index (χ3n) is 5.40. The summed E-state index contributed by atoms with van der Waals surface area (Å²) in [6.45, 7) is 1.40. The normalized spacial score (nSPS) is 17.3. The Hall–Kier alpha value is -2.70.